The Kier molecular flexibility index (Phi) is 5.49. The van der Waals surface area contributed by atoms with Crippen molar-refractivity contribution in [2.24, 2.45) is 11.8 Å². The molecule has 1 saturated carbocycles. The molecule has 1 aliphatic carbocycles. The standard InChI is InChI=1S/C20H26F2N6O/c1-2-8-20(21,22)10-16(29)24-11-13-3-5-14(6-4-13)17-18-15-7-9-23-19(15)25-12-28(18)27-26-17/h2,7,9,12-14,17,26-27H,1,3-6,8,10-11H2,(H,24,29). The first-order valence-electron chi connectivity index (χ1n) is 10.1. The van der Waals surface area contributed by atoms with Gasteiger partial charge in [0.2, 0.25) is 5.91 Å². The van der Waals surface area contributed by atoms with Gasteiger partial charge >= 0.3 is 0 Å². The smallest absolute Gasteiger partial charge is 0.260 e. The highest BCUT2D eigenvalue weighted by molar-refractivity contribution is 5.76. The van der Waals surface area contributed by atoms with Crippen molar-refractivity contribution in [3.8, 4) is 11.4 Å². The summed E-state index contributed by atoms with van der Waals surface area (Å²) in [6.45, 7) is 3.77. The van der Waals surface area contributed by atoms with Crippen LogP contribution in [0, 0.1) is 11.8 Å². The fourth-order valence-corrected chi connectivity index (χ4v) is 4.45. The first kappa shape index (κ1) is 19.8. The second-order valence-electron chi connectivity index (χ2n) is 8.03. The number of nitrogens with zero attached hydrogens (tertiary/aromatic N) is 3. The molecule has 0 saturated heterocycles. The fourth-order valence-electron chi connectivity index (χ4n) is 4.45. The Morgan fingerprint density at radius 1 is 1.34 bits per heavy atom. The number of allylic oxidation sites excluding steroid dienone is 1. The van der Waals surface area contributed by atoms with Crippen LogP contribution in [0.15, 0.2) is 31.2 Å². The lowest BCUT2D eigenvalue weighted by Gasteiger charge is -2.32. The number of halogens is 2. The molecule has 0 bridgehead atoms. The second-order valence-corrected chi connectivity index (χ2v) is 8.03. The van der Waals surface area contributed by atoms with Gasteiger partial charge in [-0.1, -0.05) is 6.08 Å². The van der Waals surface area contributed by atoms with Crippen molar-refractivity contribution < 1.29 is 13.6 Å². The van der Waals surface area contributed by atoms with Gasteiger partial charge in [0.1, 0.15) is 6.33 Å². The van der Waals surface area contributed by atoms with Crippen LogP contribution in [-0.4, -0.2) is 33.0 Å². The van der Waals surface area contributed by atoms with Crippen molar-refractivity contribution in [1.29, 1.82) is 0 Å². The van der Waals surface area contributed by atoms with E-state index in [2.05, 4.69) is 32.8 Å². The van der Waals surface area contributed by atoms with Gasteiger partial charge in [0, 0.05) is 24.7 Å². The van der Waals surface area contributed by atoms with Gasteiger partial charge in [-0.2, -0.15) is 0 Å². The van der Waals surface area contributed by atoms with Crippen LogP contribution in [0.3, 0.4) is 0 Å². The van der Waals surface area contributed by atoms with Crippen LogP contribution in [0.4, 0.5) is 8.78 Å². The summed E-state index contributed by atoms with van der Waals surface area (Å²) in [7, 11) is 0. The van der Waals surface area contributed by atoms with E-state index >= 15 is 0 Å². The lowest BCUT2D eigenvalue weighted by Crippen LogP contribution is -2.36. The third-order valence-electron chi connectivity index (χ3n) is 5.96. The van der Waals surface area contributed by atoms with E-state index in [4.69, 9.17) is 0 Å². The third kappa shape index (κ3) is 4.24. The second kappa shape index (κ2) is 8.06. The molecular formula is C20H26F2N6O. The summed E-state index contributed by atoms with van der Waals surface area (Å²) in [6.07, 6.45) is 7.32. The Morgan fingerprint density at radius 2 is 2.14 bits per heavy atom. The minimum absolute atomic E-state index is 0.165. The van der Waals surface area contributed by atoms with Crippen LogP contribution in [-0.2, 0) is 4.79 Å². The molecule has 3 N–H and O–H groups in total. The largest absolute Gasteiger partial charge is 0.356 e. The number of amides is 1. The predicted octanol–water partition coefficient (Wildman–Crippen LogP) is 3.01. The first-order valence-corrected chi connectivity index (χ1v) is 10.1. The number of rotatable bonds is 7. The van der Waals surface area contributed by atoms with Crippen LogP contribution >= 0.6 is 0 Å². The molecule has 0 aromatic rings. The Bertz CT molecular complexity index is 845. The highest BCUT2D eigenvalue weighted by Crippen LogP contribution is 2.40. The van der Waals surface area contributed by atoms with E-state index in [0.29, 0.717) is 18.4 Å². The lowest BCUT2D eigenvalue weighted by atomic mass is 9.77. The first-order chi connectivity index (χ1) is 14.0. The lowest BCUT2D eigenvalue weighted by molar-refractivity contribution is -0.128. The van der Waals surface area contributed by atoms with Crippen molar-refractivity contribution in [3.63, 3.8) is 0 Å². The molecule has 0 radical (unpaired) electrons. The zero-order chi connectivity index (χ0) is 20.4. The van der Waals surface area contributed by atoms with Gasteiger partial charge in [0.25, 0.3) is 5.92 Å². The molecule has 4 aliphatic rings. The van der Waals surface area contributed by atoms with E-state index in [-0.39, 0.29) is 6.04 Å². The van der Waals surface area contributed by atoms with Gasteiger partial charge in [0.15, 0.2) is 5.82 Å². The summed E-state index contributed by atoms with van der Waals surface area (Å²) in [5.41, 5.74) is 8.71. The van der Waals surface area contributed by atoms with Crippen LogP contribution < -0.4 is 16.3 Å². The van der Waals surface area contributed by atoms with Gasteiger partial charge in [-0.25, -0.2) is 28.9 Å². The Balaban J connectivity index is 1.29. The molecule has 0 aromatic carbocycles. The molecule has 9 heteroatoms. The summed E-state index contributed by atoms with van der Waals surface area (Å²) < 4.78 is 28.9. The molecule has 0 aromatic heterocycles. The molecule has 3 heterocycles. The van der Waals surface area contributed by atoms with E-state index in [9.17, 15) is 13.6 Å². The Morgan fingerprint density at radius 3 is 2.90 bits per heavy atom. The van der Waals surface area contributed by atoms with Gasteiger partial charge in [-0.15, -0.1) is 6.58 Å². The number of hydrazine groups is 1. The molecule has 3 aliphatic heterocycles. The molecule has 1 unspecified atom stereocenters. The number of carbonyl (C=O) groups is 1. The van der Waals surface area contributed by atoms with E-state index in [1.54, 1.807) is 12.5 Å². The monoisotopic (exact) mass is 404 g/mol. The molecule has 1 fully saturated rings. The zero-order valence-electron chi connectivity index (χ0n) is 16.2. The Labute approximate surface area is 168 Å². The highest BCUT2D eigenvalue weighted by atomic mass is 19.3. The zero-order valence-corrected chi connectivity index (χ0v) is 16.2. The van der Waals surface area contributed by atoms with Crippen molar-refractivity contribution in [3.05, 3.63) is 36.9 Å². The number of carbonyl (C=O) groups excluding carboxylic acids is 1. The molecular weight excluding hydrogens is 378 g/mol. The molecule has 156 valence electrons. The van der Waals surface area contributed by atoms with Crippen molar-refractivity contribution in [1.82, 2.24) is 25.4 Å². The maximum atomic E-state index is 13.5. The van der Waals surface area contributed by atoms with E-state index < -0.39 is 24.7 Å². The third-order valence-corrected chi connectivity index (χ3v) is 5.96. The van der Waals surface area contributed by atoms with Crippen LogP contribution in [0.1, 0.15) is 50.3 Å². The minimum atomic E-state index is -3.02. The fraction of sp³-hybridized carbons (Fsp3) is 0.550. The number of hydrogen-bond acceptors (Lipinski definition) is 5. The molecule has 1 amide bonds. The van der Waals surface area contributed by atoms with Crippen LogP contribution in [0.5, 0.6) is 0 Å². The summed E-state index contributed by atoms with van der Waals surface area (Å²) in [4.78, 5) is 20.4. The van der Waals surface area contributed by atoms with E-state index in [1.165, 1.54) is 0 Å². The molecule has 4 rings (SSSR count). The van der Waals surface area contributed by atoms with Gasteiger partial charge < -0.3 is 5.32 Å². The average molecular weight is 404 g/mol. The minimum Gasteiger partial charge on any atom is -0.356 e. The van der Waals surface area contributed by atoms with E-state index in [1.807, 2.05) is 10.7 Å². The van der Waals surface area contributed by atoms with Crippen molar-refractivity contribution in [2.75, 3.05) is 12.1 Å². The van der Waals surface area contributed by atoms with Gasteiger partial charge in [-0.05, 0) is 43.6 Å². The number of alkyl halides is 2. The normalized spacial score (nSPS) is 24.1. The van der Waals surface area contributed by atoms with Gasteiger partial charge in [-0.3, -0.25) is 10.3 Å². The SMILES string of the molecule is C=CCC(F)(F)CC(=O)NCC1CCC(C2NNn3cnc4nccc-4c32)CC1. The predicted molar refractivity (Wildman–Crippen MR) is 105 cm³/mol. The van der Waals surface area contributed by atoms with Crippen LogP contribution in [0.2, 0.25) is 0 Å². The van der Waals surface area contributed by atoms with Crippen molar-refractivity contribution >= 4 is 5.91 Å². The summed E-state index contributed by atoms with van der Waals surface area (Å²) in [5, 5.41) is 2.69. The number of hydrogen-bond donors (Lipinski definition) is 3. The maximum Gasteiger partial charge on any atom is 0.260 e. The molecule has 0 spiro atoms. The average Bonchev–Trinajstić information content (AvgIpc) is 3.32. The van der Waals surface area contributed by atoms with Crippen molar-refractivity contribution in [2.45, 2.75) is 50.5 Å². The molecule has 7 nitrogen and oxygen atoms in total. The number of fused-ring (bicyclic) bond motifs is 3. The summed E-state index contributed by atoms with van der Waals surface area (Å²) >= 11 is 0. The van der Waals surface area contributed by atoms with Crippen LogP contribution in [0.25, 0.3) is 11.4 Å². The molecule has 1 atom stereocenters. The van der Waals surface area contributed by atoms with Gasteiger partial charge in [0.05, 0.1) is 18.2 Å². The Hall–Kier alpha value is -2.55. The maximum absolute atomic E-state index is 13.5. The number of aromatic nitrogens is 3. The molecule has 29 heavy (non-hydrogen) atoms. The topological polar surface area (TPSA) is 83.9 Å². The summed E-state index contributed by atoms with van der Waals surface area (Å²) in [6, 6.07) is 2.15. The quantitative estimate of drug-likeness (QED) is 0.618. The highest BCUT2D eigenvalue weighted by Gasteiger charge is 2.36. The number of nitrogens with one attached hydrogen (secondary N) is 3. The summed E-state index contributed by atoms with van der Waals surface area (Å²) in [5.74, 6) is -2.10. The van der Waals surface area contributed by atoms with E-state index in [0.717, 1.165) is 48.8 Å².